The van der Waals surface area contributed by atoms with Crippen LogP contribution in [0.5, 0.6) is 5.75 Å². The van der Waals surface area contributed by atoms with E-state index in [2.05, 4.69) is 0 Å². The van der Waals surface area contributed by atoms with E-state index in [9.17, 15) is 5.11 Å². The Morgan fingerprint density at radius 2 is 1.73 bits per heavy atom. The third-order valence-electron chi connectivity index (χ3n) is 1.36. The van der Waals surface area contributed by atoms with Crippen LogP contribution in [0.2, 0.25) is 0 Å². The van der Waals surface area contributed by atoms with E-state index < -0.39 is 0 Å². The van der Waals surface area contributed by atoms with Gasteiger partial charge in [-0.2, -0.15) is 0 Å². The normalized spacial score (nSPS) is 8.55. The summed E-state index contributed by atoms with van der Waals surface area (Å²) in [4.78, 5) is 1.87. The van der Waals surface area contributed by atoms with Crippen molar-refractivity contribution >= 4 is 18.1 Å². The van der Waals surface area contributed by atoms with Gasteiger partial charge in [0, 0.05) is 14.1 Å². The van der Waals surface area contributed by atoms with Crippen LogP contribution in [0.15, 0.2) is 24.3 Å². The van der Waals surface area contributed by atoms with Crippen LogP contribution in [-0.2, 0) is 0 Å². The van der Waals surface area contributed by atoms with Gasteiger partial charge in [0.1, 0.15) is 5.75 Å². The standard InChI is InChI=1S/C8H11NO.ClH/c1-9(2)7-5-3-4-6-8(7)10;/h3-6,10H,1-2H3;1H. The lowest BCUT2D eigenvalue weighted by molar-refractivity contribution is 0.475. The number of phenols is 1. The summed E-state index contributed by atoms with van der Waals surface area (Å²) in [6, 6.07) is 7.25. The Morgan fingerprint density at radius 1 is 1.18 bits per heavy atom. The van der Waals surface area contributed by atoms with Crippen molar-refractivity contribution in [1.29, 1.82) is 0 Å². The molecule has 1 aromatic carbocycles. The average molecular weight is 174 g/mol. The molecule has 2 nitrogen and oxygen atoms in total. The summed E-state index contributed by atoms with van der Waals surface area (Å²) in [7, 11) is 3.80. The highest BCUT2D eigenvalue weighted by molar-refractivity contribution is 5.85. The molecule has 0 saturated heterocycles. The molecule has 0 aliphatic carbocycles. The maximum absolute atomic E-state index is 9.24. The molecule has 1 N–H and O–H groups in total. The highest BCUT2D eigenvalue weighted by Crippen LogP contribution is 2.23. The minimum atomic E-state index is 0. The number of benzene rings is 1. The Hall–Kier alpha value is -0.890. The predicted molar refractivity (Wildman–Crippen MR) is 49.7 cm³/mol. The molecule has 0 atom stereocenters. The van der Waals surface area contributed by atoms with Gasteiger partial charge in [0.05, 0.1) is 5.69 Å². The quantitative estimate of drug-likeness (QED) is 0.701. The fourth-order valence-corrected chi connectivity index (χ4v) is 0.842. The molecule has 0 unspecified atom stereocenters. The van der Waals surface area contributed by atoms with Gasteiger partial charge >= 0.3 is 0 Å². The number of hydrogen-bond donors (Lipinski definition) is 1. The van der Waals surface area contributed by atoms with Crippen molar-refractivity contribution in [2.24, 2.45) is 0 Å². The van der Waals surface area contributed by atoms with Crippen molar-refractivity contribution in [1.82, 2.24) is 0 Å². The number of halogens is 1. The average Bonchev–Trinajstić information content (AvgIpc) is 1.88. The van der Waals surface area contributed by atoms with E-state index in [1.165, 1.54) is 0 Å². The summed E-state index contributed by atoms with van der Waals surface area (Å²) in [5.74, 6) is 0.326. The molecular formula is C8H12ClNO. The molecule has 11 heavy (non-hydrogen) atoms. The number of nitrogens with zero attached hydrogens (tertiary/aromatic N) is 1. The third-order valence-corrected chi connectivity index (χ3v) is 1.36. The van der Waals surface area contributed by atoms with E-state index in [1.54, 1.807) is 6.07 Å². The minimum absolute atomic E-state index is 0. The van der Waals surface area contributed by atoms with Gasteiger partial charge in [-0.1, -0.05) is 12.1 Å². The van der Waals surface area contributed by atoms with Crippen LogP contribution >= 0.6 is 12.4 Å². The number of para-hydroxylation sites is 2. The van der Waals surface area contributed by atoms with Crippen LogP contribution in [0.4, 0.5) is 5.69 Å². The van der Waals surface area contributed by atoms with Crippen LogP contribution in [0, 0.1) is 0 Å². The molecule has 0 spiro atoms. The number of rotatable bonds is 1. The van der Waals surface area contributed by atoms with Gasteiger partial charge in [-0.25, -0.2) is 0 Å². The Kier molecular flexibility index (Phi) is 3.76. The summed E-state index contributed by atoms with van der Waals surface area (Å²) in [6.45, 7) is 0. The molecule has 62 valence electrons. The second-order valence-corrected chi connectivity index (χ2v) is 2.38. The van der Waals surface area contributed by atoms with Crippen molar-refractivity contribution in [2.45, 2.75) is 0 Å². The van der Waals surface area contributed by atoms with Crippen LogP contribution in [0.1, 0.15) is 0 Å². The molecule has 0 aliphatic heterocycles. The van der Waals surface area contributed by atoms with Crippen molar-refractivity contribution < 1.29 is 5.11 Å². The third kappa shape index (κ3) is 2.31. The molecule has 0 radical (unpaired) electrons. The van der Waals surface area contributed by atoms with E-state index in [-0.39, 0.29) is 12.4 Å². The van der Waals surface area contributed by atoms with E-state index in [0.29, 0.717) is 5.75 Å². The Bertz CT molecular complexity index is 225. The zero-order valence-corrected chi connectivity index (χ0v) is 7.43. The van der Waals surface area contributed by atoms with Gasteiger partial charge < -0.3 is 10.0 Å². The van der Waals surface area contributed by atoms with Crippen molar-refractivity contribution in [3.8, 4) is 5.75 Å². The summed E-state index contributed by atoms with van der Waals surface area (Å²) in [6.07, 6.45) is 0. The largest absolute Gasteiger partial charge is 0.506 e. The monoisotopic (exact) mass is 173 g/mol. The second-order valence-electron chi connectivity index (χ2n) is 2.38. The number of anilines is 1. The SMILES string of the molecule is CN(C)c1ccccc1O.Cl. The zero-order chi connectivity index (χ0) is 7.56. The lowest BCUT2D eigenvalue weighted by atomic mass is 10.3. The van der Waals surface area contributed by atoms with Crippen LogP contribution in [0.25, 0.3) is 0 Å². The van der Waals surface area contributed by atoms with Crippen LogP contribution < -0.4 is 4.90 Å². The first-order chi connectivity index (χ1) is 4.72. The molecule has 0 amide bonds. The van der Waals surface area contributed by atoms with Gasteiger partial charge in [0.15, 0.2) is 0 Å². The second kappa shape index (κ2) is 4.09. The fraction of sp³-hybridized carbons (Fsp3) is 0.250. The molecule has 0 bridgehead atoms. The topological polar surface area (TPSA) is 23.5 Å². The molecule has 1 aromatic rings. The van der Waals surface area contributed by atoms with Crippen molar-refractivity contribution in [2.75, 3.05) is 19.0 Å². The van der Waals surface area contributed by atoms with Gasteiger partial charge in [-0.15, -0.1) is 12.4 Å². The van der Waals surface area contributed by atoms with Crippen LogP contribution in [-0.4, -0.2) is 19.2 Å². The molecule has 0 fully saturated rings. The van der Waals surface area contributed by atoms with Crippen LogP contribution in [0.3, 0.4) is 0 Å². The summed E-state index contributed by atoms with van der Waals surface area (Å²) in [5, 5.41) is 9.24. The highest BCUT2D eigenvalue weighted by atomic mass is 35.5. The minimum Gasteiger partial charge on any atom is -0.506 e. The van der Waals surface area contributed by atoms with Gasteiger partial charge in [-0.3, -0.25) is 0 Å². The Morgan fingerprint density at radius 3 is 2.09 bits per heavy atom. The summed E-state index contributed by atoms with van der Waals surface area (Å²) >= 11 is 0. The molecule has 0 heterocycles. The first kappa shape index (κ1) is 10.1. The van der Waals surface area contributed by atoms with E-state index in [1.807, 2.05) is 37.2 Å². The molecule has 0 aliphatic rings. The first-order valence-corrected chi connectivity index (χ1v) is 3.17. The molecule has 0 saturated carbocycles. The first-order valence-electron chi connectivity index (χ1n) is 3.17. The smallest absolute Gasteiger partial charge is 0.138 e. The summed E-state index contributed by atoms with van der Waals surface area (Å²) < 4.78 is 0. The Labute approximate surface area is 72.9 Å². The number of hydrogen-bond acceptors (Lipinski definition) is 2. The fourth-order valence-electron chi connectivity index (χ4n) is 0.842. The van der Waals surface area contributed by atoms with Gasteiger partial charge in [-0.05, 0) is 12.1 Å². The molecule has 0 aromatic heterocycles. The maximum atomic E-state index is 9.24. The summed E-state index contributed by atoms with van der Waals surface area (Å²) in [5.41, 5.74) is 0.850. The molecule has 1 rings (SSSR count). The highest BCUT2D eigenvalue weighted by Gasteiger charge is 1.98. The van der Waals surface area contributed by atoms with Gasteiger partial charge in [0.25, 0.3) is 0 Å². The predicted octanol–water partition coefficient (Wildman–Crippen LogP) is 1.88. The van der Waals surface area contributed by atoms with E-state index in [0.717, 1.165) is 5.69 Å². The molecular weight excluding hydrogens is 162 g/mol. The number of phenolic OH excluding ortho intramolecular Hbond substituents is 1. The lowest BCUT2D eigenvalue weighted by Crippen LogP contribution is -2.08. The number of aromatic hydroxyl groups is 1. The maximum Gasteiger partial charge on any atom is 0.138 e. The van der Waals surface area contributed by atoms with E-state index >= 15 is 0 Å². The van der Waals surface area contributed by atoms with Gasteiger partial charge in [0.2, 0.25) is 0 Å². The zero-order valence-electron chi connectivity index (χ0n) is 6.61. The Balaban J connectivity index is 0.000001000. The lowest BCUT2D eigenvalue weighted by Gasteiger charge is -2.12. The van der Waals surface area contributed by atoms with Crippen molar-refractivity contribution in [3.05, 3.63) is 24.3 Å². The van der Waals surface area contributed by atoms with E-state index in [4.69, 9.17) is 0 Å². The van der Waals surface area contributed by atoms with Crippen molar-refractivity contribution in [3.63, 3.8) is 0 Å². The molecule has 3 heteroatoms.